The molecule has 0 aliphatic carbocycles. The number of aliphatic hydroxyl groups is 1. The van der Waals surface area contributed by atoms with Crippen molar-refractivity contribution in [1.29, 1.82) is 0 Å². The molecule has 9 nitrogen and oxygen atoms in total. The summed E-state index contributed by atoms with van der Waals surface area (Å²) in [6, 6.07) is 5.68. The summed E-state index contributed by atoms with van der Waals surface area (Å²) in [4.78, 5) is 41.1. The van der Waals surface area contributed by atoms with Crippen LogP contribution in [0.3, 0.4) is 0 Å². The van der Waals surface area contributed by atoms with E-state index in [4.69, 9.17) is 13.9 Å². The van der Waals surface area contributed by atoms with Crippen LogP contribution in [0.2, 0.25) is 0 Å². The van der Waals surface area contributed by atoms with E-state index >= 15 is 0 Å². The topological polar surface area (TPSA) is 118 Å². The molecule has 0 saturated carbocycles. The highest BCUT2D eigenvalue weighted by molar-refractivity contribution is 6.06. The number of para-hydroxylation sites is 1. The molecule has 1 fully saturated rings. The number of carbonyl (C=O) groups is 3. The van der Waals surface area contributed by atoms with E-state index in [-0.39, 0.29) is 18.5 Å². The average molecular weight is 623 g/mol. The van der Waals surface area contributed by atoms with Gasteiger partial charge in [0.2, 0.25) is 17.5 Å². The number of fused-ring (bicyclic) bond motifs is 1. The van der Waals surface area contributed by atoms with Crippen molar-refractivity contribution >= 4 is 28.8 Å². The van der Waals surface area contributed by atoms with Crippen LogP contribution in [0.1, 0.15) is 56.8 Å². The Kier molecular flexibility index (Phi) is 10.2. The van der Waals surface area contributed by atoms with Gasteiger partial charge in [0.1, 0.15) is 30.2 Å². The third-order valence-corrected chi connectivity index (χ3v) is 7.11. The van der Waals surface area contributed by atoms with Gasteiger partial charge in [-0.2, -0.15) is 8.78 Å². The van der Waals surface area contributed by atoms with E-state index in [1.54, 1.807) is 49.9 Å². The van der Waals surface area contributed by atoms with Crippen LogP contribution in [0.25, 0.3) is 11.0 Å². The third kappa shape index (κ3) is 7.87. The Morgan fingerprint density at radius 3 is 2.45 bits per heavy atom. The number of carbonyl (C=O) groups excluding carboxylic acids is 3. The lowest BCUT2D eigenvalue weighted by Gasteiger charge is -2.29. The average Bonchev–Trinajstić information content (AvgIpc) is 3.22. The second-order valence-electron chi connectivity index (χ2n) is 11.7. The molecule has 2 aromatic carbocycles. The number of hydrogen-bond donors (Lipinski definition) is 2. The lowest BCUT2D eigenvalue weighted by Crippen LogP contribution is -2.51. The first-order valence-electron chi connectivity index (χ1n) is 14.2. The molecule has 0 spiro atoms. The van der Waals surface area contributed by atoms with Crippen LogP contribution in [-0.2, 0) is 14.3 Å². The van der Waals surface area contributed by atoms with Crippen LogP contribution in [0.15, 0.2) is 41.0 Å². The molecule has 2 amide bonds. The van der Waals surface area contributed by atoms with E-state index in [1.807, 2.05) is 0 Å². The van der Waals surface area contributed by atoms with E-state index < -0.39 is 77.6 Å². The summed E-state index contributed by atoms with van der Waals surface area (Å²) in [5.41, 5.74) is -0.00937. The molecular formula is C31H34F4N2O7. The number of ether oxygens (including phenoxy) is 2. The second-order valence-corrected chi connectivity index (χ2v) is 11.7. The number of rotatable bonds is 9. The summed E-state index contributed by atoms with van der Waals surface area (Å²) in [5.74, 6) is -10.9. The van der Waals surface area contributed by atoms with Crippen molar-refractivity contribution in [2.24, 2.45) is 5.92 Å². The molecule has 3 aromatic rings. The minimum atomic E-state index is -1.81. The Morgan fingerprint density at radius 2 is 1.77 bits per heavy atom. The molecule has 13 heteroatoms. The zero-order valence-corrected chi connectivity index (χ0v) is 24.5. The van der Waals surface area contributed by atoms with E-state index in [9.17, 15) is 37.1 Å². The van der Waals surface area contributed by atoms with Gasteiger partial charge in [0.15, 0.2) is 17.4 Å². The van der Waals surface area contributed by atoms with E-state index in [0.29, 0.717) is 42.3 Å². The van der Waals surface area contributed by atoms with Gasteiger partial charge in [0.25, 0.3) is 5.91 Å². The van der Waals surface area contributed by atoms with Gasteiger partial charge in [-0.25, -0.2) is 8.78 Å². The molecule has 1 aliphatic rings. The zero-order valence-electron chi connectivity index (χ0n) is 24.5. The summed E-state index contributed by atoms with van der Waals surface area (Å²) < 4.78 is 71.1. The number of hydrogen-bond acceptors (Lipinski definition) is 7. The zero-order chi connectivity index (χ0) is 32.2. The first kappa shape index (κ1) is 32.8. The standard InChI is InChI=1S/C31H34F4N2O7/c1-31(2,3)44-25(39)13-22(23(38)16-43-28-26(34)20(32)12-21(33)27(28)35)36-29(40)17-8-6-7-11-37(14-17)30(41)19-15-42-24-10-5-4-9-18(19)24/h4-5,9-10,12,15,17,22-23,38H,6-8,11,13-14,16H2,1-3H3,(H,36,40)/t17?,22-,23?/m0/s1. The van der Waals surface area contributed by atoms with Crippen LogP contribution in [0, 0.1) is 29.2 Å². The molecule has 1 aliphatic heterocycles. The number of nitrogens with one attached hydrogen (secondary N) is 1. The molecule has 1 saturated heterocycles. The molecule has 4 rings (SSSR count). The van der Waals surface area contributed by atoms with Crippen molar-refractivity contribution in [1.82, 2.24) is 10.2 Å². The first-order chi connectivity index (χ1) is 20.7. The van der Waals surface area contributed by atoms with Crippen molar-refractivity contribution in [3.63, 3.8) is 0 Å². The van der Waals surface area contributed by atoms with Gasteiger partial charge in [-0.15, -0.1) is 0 Å². The number of nitrogens with zero attached hydrogens (tertiary/aromatic N) is 1. The summed E-state index contributed by atoms with van der Waals surface area (Å²) in [6.45, 7) is 4.33. The Morgan fingerprint density at radius 1 is 1.09 bits per heavy atom. The highest BCUT2D eigenvalue weighted by Gasteiger charge is 2.34. The fourth-order valence-corrected chi connectivity index (χ4v) is 4.96. The Labute approximate surface area is 251 Å². The number of amides is 2. The number of esters is 1. The van der Waals surface area contributed by atoms with Crippen LogP contribution in [0.5, 0.6) is 5.75 Å². The molecule has 2 unspecified atom stereocenters. The first-order valence-corrected chi connectivity index (χ1v) is 14.2. The quantitative estimate of drug-likeness (QED) is 0.198. The molecule has 2 N–H and O–H groups in total. The molecular weight excluding hydrogens is 588 g/mol. The third-order valence-electron chi connectivity index (χ3n) is 7.11. The number of furan rings is 1. The van der Waals surface area contributed by atoms with Gasteiger partial charge < -0.3 is 29.2 Å². The monoisotopic (exact) mass is 622 g/mol. The number of likely N-dealkylation sites (tertiary alicyclic amines) is 1. The highest BCUT2D eigenvalue weighted by Crippen LogP contribution is 2.28. The Bertz CT molecular complexity index is 1490. The molecule has 44 heavy (non-hydrogen) atoms. The molecule has 0 radical (unpaired) electrons. The summed E-state index contributed by atoms with van der Waals surface area (Å²) in [7, 11) is 0. The van der Waals surface area contributed by atoms with Gasteiger partial charge in [-0.3, -0.25) is 14.4 Å². The van der Waals surface area contributed by atoms with E-state index in [1.165, 1.54) is 6.26 Å². The van der Waals surface area contributed by atoms with Gasteiger partial charge in [0, 0.05) is 24.5 Å². The van der Waals surface area contributed by atoms with Crippen LogP contribution < -0.4 is 10.1 Å². The predicted octanol–water partition coefficient (Wildman–Crippen LogP) is 4.89. The predicted molar refractivity (Wildman–Crippen MR) is 150 cm³/mol. The molecule has 3 atom stereocenters. The van der Waals surface area contributed by atoms with Crippen molar-refractivity contribution in [3.8, 4) is 5.75 Å². The maximum absolute atomic E-state index is 14.1. The van der Waals surface area contributed by atoms with Crippen molar-refractivity contribution < 1.29 is 50.9 Å². The van der Waals surface area contributed by atoms with E-state index in [2.05, 4.69) is 5.32 Å². The summed E-state index contributed by atoms with van der Waals surface area (Å²) in [6.07, 6.45) is 0.678. The minimum absolute atomic E-state index is 0.00923. The minimum Gasteiger partial charge on any atom is -0.485 e. The summed E-state index contributed by atoms with van der Waals surface area (Å²) in [5, 5.41) is 14.1. The molecule has 0 bridgehead atoms. The van der Waals surface area contributed by atoms with Crippen LogP contribution in [0.4, 0.5) is 17.6 Å². The maximum atomic E-state index is 14.1. The van der Waals surface area contributed by atoms with E-state index in [0.717, 1.165) is 0 Å². The van der Waals surface area contributed by atoms with Crippen LogP contribution in [-0.4, -0.2) is 65.2 Å². The maximum Gasteiger partial charge on any atom is 0.308 e. The van der Waals surface area contributed by atoms with Crippen LogP contribution >= 0.6 is 0 Å². The molecule has 2 heterocycles. The van der Waals surface area contributed by atoms with Gasteiger partial charge in [-0.1, -0.05) is 24.6 Å². The van der Waals surface area contributed by atoms with Gasteiger partial charge >= 0.3 is 5.97 Å². The highest BCUT2D eigenvalue weighted by atomic mass is 19.2. The number of benzene rings is 2. The lowest BCUT2D eigenvalue weighted by molar-refractivity contribution is -0.156. The summed E-state index contributed by atoms with van der Waals surface area (Å²) >= 11 is 0. The molecule has 238 valence electrons. The SMILES string of the molecule is CC(C)(C)OC(=O)C[C@H](NC(=O)C1CCCCN(C(=O)c2coc3ccccc23)C1)C(O)COc1c(F)c(F)cc(F)c1F. The smallest absolute Gasteiger partial charge is 0.308 e. The van der Waals surface area contributed by atoms with Gasteiger partial charge in [0.05, 0.1) is 23.9 Å². The lowest BCUT2D eigenvalue weighted by atomic mass is 10.00. The largest absolute Gasteiger partial charge is 0.485 e. The molecule has 1 aromatic heterocycles. The van der Waals surface area contributed by atoms with Gasteiger partial charge in [-0.05, 0) is 39.7 Å². The Hall–Kier alpha value is -4.13. The van der Waals surface area contributed by atoms with Crippen molar-refractivity contribution in [2.75, 3.05) is 19.7 Å². The number of aliphatic hydroxyl groups excluding tert-OH is 1. The number of halogens is 4. The van der Waals surface area contributed by atoms with Crippen molar-refractivity contribution in [2.45, 2.75) is 64.2 Å². The fraction of sp³-hybridized carbons (Fsp3) is 0.452. The normalized spacial score (nSPS) is 17.1. The van der Waals surface area contributed by atoms with Crippen molar-refractivity contribution in [3.05, 3.63) is 65.4 Å². The second kappa shape index (κ2) is 13.7. The fourth-order valence-electron chi connectivity index (χ4n) is 4.96. The Balaban J connectivity index is 1.49.